The zero-order chi connectivity index (χ0) is 15.8. The fourth-order valence-electron chi connectivity index (χ4n) is 2.38. The molecule has 118 valence electrons. The van der Waals surface area contributed by atoms with Gasteiger partial charge in [-0.2, -0.15) is 0 Å². The predicted octanol–water partition coefficient (Wildman–Crippen LogP) is 1.39. The highest BCUT2D eigenvalue weighted by molar-refractivity contribution is 7.19. The molecule has 0 atom stereocenters. The van der Waals surface area contributed by atoms with Gasteiger partial charge in [-0.25, -0.2) is 0 Å². The molecule has 0 aliphatic carbocycles. The average Bonchev–Trinajstić information content (AvgIpc) is 2.74. The molecule has 0 aromatic carbocycles. The lowest BCUT2D eigenvalue weighted by molar-refractivity contribution is 0.0352. The van der Waals surface area contributed by atoms with Crippen LogP contribution in [0.25, 0.3) is 0 Å². The van der Waals surface area contributed by atoms with Crippen LogP contribution in [-0.4, -0.2) is 55.8 Å². The van der Waals surface area contributed by atoms with Gasteiger partial charge in [0.05, 0.1) is 12.7 Å². The highest BCUT2D eigenvalue weighted by Crippen LogP contribution is 2.46. The quantitative estimate of drug-likeness (QED) is 0.881. The van der Waals surface area contributed by atoms with E-state index in [1.807, 2.05) is 6.92 Å². The first kappa shape index (κ1) is 15.9. The van der Waals surface area contributed by atoms with Crippen LogP contribution in [0.2, 0.25) is 0 Å². The number of hydrogen-bond acceptors (Lipinski definition) is 6. The van der Waals surface area contributed by atoms with Crippen LogP contribution in [0, 0.1) is 0 Å². The number of nitrogens with zero attached hydrogens (tertiary/aromatic N) is 2. The molecule has 0 unspecified atom stereocenters. The maximum atomic E-state index is 12.2. The summed E-state index contributed by atoms with van der Waals surface area (Å²) >= 11 is 1.36. The maximum absolute atomic E-state index is 12.2. The van der Waals surface area contributed by atoms with Gasteiger partial charge in [0.1, 0.15) is 15.6 Å². The first-order chi connectivity index (χ1) is 9.76. The van der Waals surface area contributed by atoms with Crippen LogP contribution >= 0.6 is 11.3 Å². The molecule has 6 nitrogen and oxygen atoms in total. The maximum Gasteiger partial charge on any atom is 0.265 e. The van der Waals surface area contributed by atoms with Crippen LogP contribution in [-0.2, 0) is 0 Å². The summed E-state index contributed by atoms with van der Waals surface area (Å²) in [5.41, 5.74) is 5.86. The van der Waals surface area contributed by atoms with Gasteiger partial charge in [-0.1, -0.05) is 0 Å². The number of amides is 1. The van der Waals surface area contributed by atoms with Crippen LogP contribution in [0.3, 0.4) is 0 Å². The molecule has 1 aliphatic rings. The van der Waals surface area contributed by atoms with Gasteiger partial charge in [-0.15, -0.1) is 11.3 Å². The standard InChI is InChI=1S/C14H23N3O3S/c1-14(19)5-7-17(8-6-14)13-10(20-4)9(15)11(21-13)12(18)16(2)3/h19H,5-8,15H2,1-4H3. The van der Waals surface area contributed by atoms with Crippen molar-refractivity contribution in [1.29, 1.82) is 0 Å². The normalized spacial score (nSPS) is 17.7. The molecule has 1 aromatic heterocycles. The molecule has 0 bridgehead atoms. The molecule has 2 rings (SSSR count). The lowest BCUT2D eigenvalue weighted by atomic mass is 9.94. The fourth-order valence-corrected chi connectivity index (χ4v) is 3.64. The number of nitrogen functional groups attached to an aromatic ring is 1. The minimum absolute atomic E-state index is 0.119. The van der Waals surface area contributed by atoms with Gasteiger partial charge in [-0.05, 0) is 19.8 Å². The molecule has 3 N–H and O–H groups in total. The molecule has 0 spiro atoms. The summed E-state index contributed by atoms with van der Waals surface area (Å²) in [6.45, 7) is 3.29. The van der Waals surface area contributed by atoms with Crippen molar-refractivity contribution in [2.24, 2.45) is 0 Å². The van der Waals surface area contributed by atoms with E-state index in [2.05, 4.69) is 4.90 Å². The first-order valence-electron chi connectivity index (χ1n) is 6.92. The molecule has 1 amide bonds. The largest absolute Gasteiger partial charge is 0.492 e. The van der Waals surface area contributed by atoms with Gasteiger partial charge in [0, 0.05) is 27.2 Å². The summed E-state index contributed by atoms with van der Waals surface area (Å²) in [5, 5.41) is 10.9. The molecular weight excluding hydrogens is 290 g/mol. The number of carbonyl (C=O) groups excluding carboxylic acids is 1. The van der Waals surface area contributed by atoms with Crippen LogP contribution < -0.4 is 15.4 Å². The topological polar surface area (TPSA) is 79.0 Å². The third-order valence-corrected chi connectivity index (χ3v) is 5.05. The Morgan fingerprint density at radius 2 is 2.00 bits per heavy atom. The van der Waals surface area contributed by atoms with E-state index in [9.17, 15) is 9.90 Å². The van der Waals surface area contributed by atoms with E-state index in [0.29, 0.717) is 29.2 Å². The Kier molecular flexibility index (Phi) is 4.34. The van der Waals surface area contributed by atoms with E-state index in [4.69, 9.17) is 10.5 Å². The van der Waals surface area contributed by atoms with E-state index in [-0.39, 0.29) is 5.91 Å². The molecular formula is C14H23N3O3S. The Morgan fingerprint density at radius 1 is 1.43 bits per heavy atom. The third kappa shape index (κ3) is 3.08. The van der Waals surface area contributed by atoms with Gasteiger partial charge < -0.3 is 25.4 Å². The predicted molar refractivity (Wildman–Crippen MR) is 85.4 cm³/mol. The minimum Gasteiger partial charge on any atom is -0.492 e. The van der Waals surface area contributed by atoms with Crippen LogP contribution in [0.5, 0.6) is 5.75 Å². The number of aliphatic hydroxyl groups is 1. The van der Waals surface area contributed by atoms with Crippen molar-refractivity contribution in [1.82, 2.24) is 4.90 Å². The molecule has 0 radical (unpaired) electrons. The van der Waals surface area contributed by atoms with E-state index < -0.39 is 5.60 Å². The molecule has 2 heterocycles. The summed E-state index contributed by atoms with van der Waals surface area (Å²) in [4.78, 5) is 16.3. The number of anilines is 2. The summed E-state index contributed by atoms with van der Waals surface area (Å²) in [7, 11) is 4.96. The Morgan fingerprint density at radius 3 is 2.48 bits per heavy atom. The Hall–Kier alpha value is -1.47. The number of methoxy groups -OCH3 is 1. The molecule has 7 heteroatoms. The molecule has 1 aromatic rings. The van der Waals surface area contributed by atoms with Gasteiger partial charge in [0.25, 0.3) is 5.91 Å². The van der Waals surface area contributed by atoms with Crippen molar-refractivity contribution >= 4 is 27.9 Å². The Balaban J connectivity index is 2.32. The smallest absolute Gasteiger partial charge is 0.265 e. The summed E-state index contributed by atoms with van der Waals surface area (Å²) in [6, 6.07) is 0. The van der Waals surface area contributed by atoms with Crippen LogP contribution in [0.4, 0.5) is 10.7 Å². The van der Waals surface area contributed by atoms with Crippen molar-refractivity contribution < 1.29 is 14.6 Å². The Labute approximate surface area is 129 Å². The van der Waals surface area contributed by atoms with Crippen molar-refractivity contribution in [2.75, 3.05) is 44.9 Å². The first-order valence-corrected chi connectivity index (χ1v) is 7.73. The highest BCUT2D eigenvalue weighted by Gasteiger charge is 2.32. The SMILES string of the molecule is COc1c(N2CCC(C)(O)CC2)sc(C(=O)N(C)C)c1N. The molecule has 1 aliphatic heterocycles. The number of ether oxygens (including phenoxy) is 1. The zero-order valence-corrected chi connectivity index (χ0v) is 13.8. The fraction of sp³-hybridized carbons (Fsp3) is 0.643. The van der Waals surface area contributed by atoms with Gasteiger partial charge in [0.15, 0.2) is 5.75 Å². The second-order valence-corrected chi connectivity index (χ2v) is 6.87. The summed E-state index contributed by atoms with van der Waals surface area (Å²) in [6.07, 6.45) is 1.37. The van der Waals surface area contributed by atoms with E-state index in [1.165, 1.54) is 16.2 Å². The van der Waals surface area contributed by atoms with Gasteiger partial charge in [0.2, 0.25) is 0 Å². The van der Waals surface area contributed by atoms with E-state index >= 15 is 0 Å². The number of carbonyl (C=O) groups is 1. The second kappa shape index (κ2) is 5.73. The lowest BCUT2D eigenvalue weighted by Gasteiger charge is -2.36. The van der Waals surface area contributed by atoms with Crippen LogP contribution in [0.1, 0.15) is 29.4 Å². The van der Waals surface area contributed by atoms with Crippen LogP contribution in [0.15, 0.2) is 0 Å². The molecule has 1 saturated heterocycles. The zero-order valence-electron chi connectivity index (χ0n) is 13.0. The number of thiophene rings is 1. The van der Waals surface area contributed by atoms with E-state index in [0.717, 1.165) is 18.1 Å². The van der Waals surface area contributed by atoms with E-state index in [1.54, 1.807) is 21.2 Å². The average molecular weight is 313 g/mol. The second-order valence-electron chi connectivity index (χ2n) is 5.87. The van der Waals surface area contributed by atoms with Gasteiger partial charge >= 0.3 is 0 Å². The van der Waals surface area contributed by atoms with Crippen molar-refractivity contribution in [2.45, 2.75) is 25.4 Å². The molecule has 0 saturated carbocycles. The van der Waals surface area contributed by atoms with Crippen molar-refractivity contribution in [3.8, 4) is 5.75 Å². The third-order valence-electron chi connectivity index (χ3n) is 3.81. The van der Waals surface area contributed by atoms with Crippen molar-refractivity contribution in [3.63, 3.8) is 0 Å². The summed E-state index contributed by atoms with van der Waals surface area (Å²) < 4.78 is 5.40. The minimum atomic E-state index is -0.616. The van der Waals surface area contributed by atoms with Gasteiger partial charge in [-0.3, -0.25) is 4.79 Å². The van der Waals surface area contributed by atoms with Crippen molar-refractivity contribution in [3.05, 3.63) is 4.88 Å². The number of nitrogens with two attached hydrogens (primary N) is 1. The summed E-state index contributed by atoms with van der Waals surface area (Å²) in [5.74, 6) is 0.442. The number of hydrogen-bond donors (Lipinski definition) is 2. The highest BCUT2D eigenvalue weighted by atomic mass is 32.1. The molecule has 1 fully saturated rings. The monoisotopic (exact) mass is 313 g/mol. The number of rotatable bonds is 3. The Bertz CT molecular complexity index is 530. The molecule has 21 heavy (non-hydrogen) atoms. The lowest BCUT2D eigenvalue weighted by Crippen LogP contribution is -2.42. The number of piperidine rings is 1.